The summed E-state index contributed by atoms with van der Waals surface area (Å²) in [5, 5.41) is 13.1. The monoisotopic (exact) mass is 421 g/mol. The van der Waals surface area contributed by atoms with Crippen LogP contribution in [0.3, 0.4) is 0 Å². The van der Waals surface area contributed by atoms with Crippen molar-refractivity contribution in [2.75, 3.05) is 13.1 Å². The third-order valence-corrected chi connectivity index (χ3v) is 5.48. The first-order valence-corrected chi connectivity index (χ1v) is 12.2. The molecule has 0 aliphatic carbocycles. The molecule has 0 radical (unpaired) electrons. The van der Waals surface area contributed by atoms with Gasteiger partial charge in [0.05, 0.1) is 5.97 Å². The molecular weight excluding hydrogens is 373 g/mol. The Morgan fingerprint density at radius 2 is 0.857 bits per heavy atom. The number of carboxylic acid groups (broad SMARTS) is 1. The van der Waals surface area contributed by atoms with Crippen molar-refractivity contribution in [2.45, 2.75) is 135 Å². The molecule has 0 saturated carbocycles. The number of carbonyl (C=O) groups is 1. The SMILES string of the molecule is CCCCCCCCCCCCCCCCCCCCCCNCC(=O)[O-].[K+]. The van der Waals surface area contributed by atoms with Gasteiger partial charge in [0.2, 0.25) is 0 Å². The van der Waals surface area contributed by atoms with Crippen molar-refractivity contribution in [1.82, 2.24) is 5.32 Å². The van der Waals surface area contributed by atoms with Crippen LogP contribution < -0.4 is 61.8 Å². The zero-order chi connectivity index (χ0) is 19.8. The first kappa shape index (κ1) is 31.3. The molecule has 0 atom stereocenters. The van der Waals surface area contributed by atoms with Gasteiger partial charge in [-0.05, 0) is 13.0 Å². The van der Waals surface area contributed by atoms with Crippen molar-refractivity contribution in [1.29, 1.82) is 0 Å². The Kier molecular flexibility index (Phi) is 31.3. The standard InChI is InChI=1S/C24H49NO2.K/c1-2-3-4-5-6-7-8-9-10-11-12-13-14-15-16-17-18-19-20-21-22-25-23-24(26)27;/h25H,2-23H2,1H3,(H,26,27);/q;+1/p-1. The summed E-state index contributed by atoms with van der Waals surface area (Å²) < 4.78 is 0. The maximum atomic E-state index is 10.2. The Hall–Kier alpha value is 1.07. The first-order valence-electron chi connectivity index (χ1n) is 12.2. The Morgan fingerprint density at radius 1 is 0.571 bits per heavy atom. The minimum Gasteiger partial charge on any atom is -0.549 e. The van der Waals surface area contributed by atoms with Gasteiger partial charge >= 0.3 is 51.4 Å². The van der Waals surface area contributed by atoms with Crippen LogP contribution in [0.25, 0.3) is 0 Å². The number of hydrogen-bond donors (Lipinski definition) is 1. The van der Waals surface area contributed by atoms with Gasteiger partial charge in [0, 0.05) is 6.54 Å². The summed E-state index contributed by atoms with van der Waals surface area (Å²) in [6.45, 7) is 3.07. The van der Waals surface area contributed by atoms with Gasteiger partial charge in [-0.3, -0.25) is 0 Å². The summed E-state index contributed by atoms with van der Waals surface area (Å²) in [6, 6.07) is 0. The number of carbonyl (C=O) groups excluding carboxylic acids is 1. The van der Waals surface area contributed by atoms with Crippen molar-refractivity contribution in [3.63, 3.8) is 0 Å². The van der Waals surface area contributed by atoms with E-state index in [0.29, 0.717) is 0 Å². The molecule has 0 aromatic carbocycles. The molecule has 0 aromatic rings. The van der Waals surface area contributed by atoms with Gasteiger partial charge in [-0.15, -0.1) is 0 Å². The van der Waals surface area contributed by atoms with Gasteiger partial charge < -0.3 is 15.2 Å². The number of hydrogen-bond acceptors (Lipinski definition) is 3. The molecule has 0 heterocycles. The molecule has 0 aliphatic rings. The second-order valence-electron chi connectivity index (χ2n) is 8.27. The molecule has 0 unspecified atom stereocenters. The van der Waals surface area contributed by atoms with Gasteiger partial charge in [-0.1, -0.05) is 129 Å². The van der Waals surface area contributed by atoms with Crippen LogP contribution in [-0.2, 0) is 4.79 Å². The van der Waals surface area contributed by atoms with Gasteiger partial charge in [-0.25, -0.2) is 0 Å². The number of nitrogens with one attached hydrogen (secondary N) is 1. The Balaban J connectivity index is 0. The molecule has 0 aromatic heterocycles. The van der Waals surface area contributed by atoms with Crippen molar-refractivity contribution in [3.8, 4) is 0 Å². The molecule has 1 N–H and O–H groups in total. The summed E-state index contributed by atoms with van der Waals surface area (Å²) in [5.74, 6) is -1.01. The minimum absolute atomic E-state index is 0. The summed E-state index contributed by atoms with van der Waals surface area (Å²) in [4.78, 5) is 10.2. The van der Waals surface area contributed by atoms with E-state index >= 15 is 0 Å². The molecule has 0 spiro atoms. The third kappa shape index (κ3) is 29.3. The first-order chi connectivity index (χ1) is 13.3. The molecule has 0 rings (SSSR count). The molecule has 0 saturated heterocycles. The molecule has 162 valence electrons. The molecule has 28 heavy (non-hydrogen) atoms. The van der Waals surface area contributed by atoms with Gasteiger partial charge in [0.25, 0.3) is 0 Å². The van der Waals surface area contributed by atoms with E-state index in [1.165, 1.54) is 122 Å². The van der Waals surface area contributed by atoms with Crippen molar-refractivity contribution in [2.24, 2.45) is 0 Å². The maximum Gasteiger partial charge on any atom is 1.00 e. The average Bonchev–Trinajstić information content (AvgIpc) is 2.65. The smallest absolute Gasteiger partial charge is 0.549 e. The van der Waals surface area contributed by atoms with E-state index < -0.39 is 5.97 Å². The summed E-state index contributed by atoms with van der Waals surface area (Å²) in [7, 11) is 0. The molecule has 3 nitrogen and oxygen atoms in total. The largest absolute Gasteiger partial charge is 1.00 e. The van der Waals surface area contributed by atoms with E-state index in [2.05, 4.69) is 12.2 Å². The van der Waals surface area contributed by atoms with Gasteiger partial charge in [0.1, 0.15) is 0 Å². The molecular formula is C24H48KNO2. The van der Waals surface area contributed by atoms with E-state index in [9.17, 15) is 9.90 Å². The predicted molar refractivity (Wildman–Crippen MR) is 116 cm³/mol. The van der Waals surface area contributed by atoms with Gasteiger partial charge in [-0.2, -0.15) is 0 Å². The Labute approximate surface area is 219 Å². The van der Waals surface area contributed by atoms with Crippen LogP contribution in [-0.4, -0.2) is 19.1 Å². The van der Waals surface area contributed by atoms with Crippen LogP contribution in [0.5, 0.6) is 0 Å². The minimum atomic E-state index is -1.01. The van der Waals surface area contributed by atoms with Crippen LogP contribution in [0.4, 0.5) is 0 Å². The Bertz CT molecular complexity index is 300. The van der Waals surface area contributed by atoms with Crippen molar-refractivity contribution >= 4 is 5.97 Å². The van der Waals surface area contributed by atoms with E-state index in [4.69, 9.17) is 0 Å². The van der Waals surface area contributed by atoms with E-state index in [-0.39, 0.29) is 57.9 Å². The number of aliphatic carboxylic acids is 1. The second kappa shape index (κ2) is 28.1. The molecule has 0 fully saturated rings. The topological polar surface area (TPSA) is 52.2 Å². The normalized spacial score (nSPS) is 10.8. The van der Waals surface area contributed by atoms with Crippen molar-refractivity contribution < 1.29 is 61.3 Å². The Morgan fingerprint density at radius 3 is 1.14 bits per heavy atom. The quantitative estimate of drug-likeness (QED) is 0.204. The fraction of sp³-hybridized carbons (Fsp3) is 0.958. The third-order valence-electron chi connectivity index (χ3n) is 5.48. The summed E-state index contributed by atoms with van der Waals surface area (Å²) in [6.07, 6.45) is 27.8. The number of rotatable bonds is 23. The fourth-order valence-corrected chi connectivity index (χ4v) is 3.70. The predicted octanol–water partition coefficient (Wildman–Crippen LogP) is 3.15. The zero-order valence-corrected chi connectivity index (χ0v) is 22.5. The molecule has 0 bridgehead atoms. The number of carboxylic acids is 1. The van der Waals surface area contributed by atoms with Crippen LogP contribution >= 0.6 is 0 Å². The van der Waals surface area contributed by atoms with Gasteiger partial charge in [0.15, 0.2) is 0 Å². The van der Waals surface area contributed by atoms with E-state index in [0.717, 1.165) is 13.0 Å². The van der Waals surface area contributed by atoms with Crippen LogP contribution in [0.15, 0.2) is 0 Å². The number of unbranched alkanes of at least 4 members (excludes halogenated alkanes) is 19. The van der Waals surface area contributed by atoms with Crippen LogP contribution in [0, 0.1) is 0 Å². The zero-order valence-electron chi connectivity index (χ0n) is 19.4. The maximum absolute atomic E-state index is 10.2. The average molecular weight is 422 g/mol. The van der Waals surface area contributed by atoms with Crippen LogP contribution in [0.2, 0.25) is 0 Å². The van der Waals surface area contributed by atoms with E-state index in [1.54, 1.807) is 0 Å². The van der Waals surface area contributed by atoms with Crippen molar-refractivity contribution in [3.05, 3.63) is 0 Å². The fourth-order valence-electron chi connectivity index (χ4n) is 3.70. The molecule has 0 aliphatic heterocycles. The van der Waals surface area contributed by atoms with E-state index in [1.807, 2.05) is 0 Å². The van der Waals surface area contributed by atoms with Crippen LogP contribution in [0.1, 0.15) is 135 Å². The summed E-state index contributed by atoms with van der Waals surface area (Å²) >= 11 is 0. The molecule has 4 heteroatoms. The second-order valence-corrected chi connectivity index (χ2v) is 8.27. The molecule has 0 amide bonds. The summed E-state index contributed by atoms with van der Waals surface area (Å²) in [5.41, 5.74) is 0.